The highest BCUT2D eigenvalue weighted by Crippen LogP contribution is 2.40. The van der Waals surface area contributed by atoms with Crippen LogP contribution in [0.5, 0.6) is 0 Å². The van der Waals surface area contributed by atoms with E-state index in [2.05, 4.69) is 114 Å². The molecule has 0 spiro atoms. The van der Waals surface area contributed by atoms with Crippen molar-refractivity contribution in [1.29, 1.82) is 0 Å². The Hall–Kier alpha value is -3.80. The Balaban J connectivity index is 1.46. The van der Waals surface area contributed by atoms with Crippen molar-refractivity contribution < 1.29 is 23.4 Å². The number of nitrogens with zero attached hydrogens (tertiary/aromatic N) is 3. The molecule has 0 fully saturated rings. The first kappa shape index (κ1) is 29.7. The molecule has 3 aromatic rings. The van der Waals surface area contributed by atoms with E-state index in [1.165, 1.54) is 11.1 Å². The third-order valence-corrected chi connectivity index (χ3v) is 8.34. The fourth-order valence-electron chi connectivity index (χ4n) is 6.08. The number of aromatic nitrogens is 1. The van der Waals surface area contributed by atoms with Crippen LogP contribution in [0.4, 0.5) is 0 Å². The minimum atomic E-state index is -0.0940. The molecule has 0 amide bonds. The highest BCUT2D eigenvalue weighted by Gasteiger charge is 2.35. The molecular formula is C37H46N3O2+3. The Morgan fingerprint density at radius 2 is 1.50 bits per heavy atom. The average molecular weight is 565 g/mol. The lowest BCUT2D eigenvalue weighted by atomic mass is 9.77. The van der Waals surface area contributed by atoms with Gasteiger partial charge in [-0.2, -0.15) is 4.57 Å². The van der Waals surface area contributed by atoms with Crippen LogP contribution < -0.4 is 4.57 Å². The second kappa shape index (κ2) is 11.8. The van der Waals surface area contributed by atoms with E-state index < -0.39 is 0 Å². The zero-order valence-electron chi connectivity index (χ0n) is 26.1. The van der Waals surface area contributed by atoms with Crippen molar-refractivity contribution in [1.82, 2.24) is 0 Å². The lowest BCUT2D eigenvalue weighted by molar-refractivity contribution is -0.873. The van der Waals surface area contributed by atoms with Gasteiger partial charge >= 0.3 is 0 Å². The second-order valence-corrected chi connectivity index (χ2v) is 13.8. The summed E-state index contributed by atoms with van der Waals surface area (Å²) in [4.78, 5) is 13.5. The Morgan fingerprint density at radius 3 is 2.24 bits per heavy atom. The van der Waals surface area contributed by atoms with E-state index in [0.717, 1.165) is 70.0 Å². The summed E-state index contributed by atoms with van der Waals surface area (Å²) in [6.45, 7) is 2.96. The van der Waals surface area contributed by atoms with Gasteiger partial charge in [-0.15, -0.1) is 0 Å². The van der Waals surface area contributed by atoms with Crippen LogP contribution in [0.2, 0.25) is 0 Å². The fraction of sp³-hybridized carbons (Fsp3) is 0.351. The maximum Gasteiger partial charge on any atom is 0.212 e. The number of para-hydroxylation sites is 1. The van der Waals surface area contributed by atoms with Crippen molar-refractivity contribution in [2.45, 2.75) is 31.7 Å². The molecule has 1 atom stereocenters. The third-order valence-electron chi connectivity index (χ3n) is 8.34. The minimum Gasteiger partial charge on any atom is -0.506 e. The monoisotopic (exact) mass is 564 g/mol. The van der Waals surface area contributed by atoms with E-state index in [0.29, 0.717) is 11.1 Å². The molecule has 0 radical (unpaired) electrons. The fourth-order valence-corrected chi connectivity index (χ4v) is 6.08. The van der Waals surface area contributed by atoms with E-state index in [-0.39, 0.29) is 17.5 Å². The molecule has 0 bridgehead atoms. The smallest absolute Gasteiger partial charge is 0.212 e. The number of quaternary nitrogens is 2. The number of ketones is 1. The second-order valence-electron chi connectivity index (χ2n) is 13.8. The van der Waals surface area contributed by atoms with Gasteiger partial charge in [0.1, 0.15) is 5.76 Å². The number of aryl methyl sites for hydroxylation is 1. The first-order valence-corrected chi connectivity index (χ1v) is 15.1. The summed E-state index contributed by atoms with van der Waals surface area (Å²) >= 11 is 0. The summed E-state index contributed by atoms with van der Waals surface area (Å²) in [6, 6.07) is 21.0. The Bertz CT molecular complexity index is 1630. The van der Waals surface area contributed by atoms with Crippen LogP contribution in [0.25, 0.3) is 23.1 Å². The quantitative estimate of drug-likeness (QED) is 0.180. The van der Waals surface area contributed by atoms with Gasteiger partial charge in [0.05, 0.1) is 72.9 Å². The summed E-state index contributed by atoms with van der Waals surface area (Å²) in [7, 11) is 13.3. The van der Waals surface area contributed by atoms with Crippen molar-refractivity contribution in [3.63, 3.8) is 0 Å². The average Bonchev–Trinajstić information content (AvgIpc) is 2.94. The highest BCUT2D eigenvalue weighted by molar-refractivity contribution is 6.23. The first-order chi connectivity index (χ1) is 19.9. The van der Waals surface area contributed by atoms with Gasteiger partial charge in [-0.3, -0.25) is 4.79 Å². The molecule has 2 aliphatic carbocycles. The van der Waals surface area contributed by atoms with Crippen LogP contribution in [-0.2, 0) is 11.3 Å². The van der Waals surface area contributed by atoms with Gasteiger partial charge in [0, 0.05) is 29.5 Å². The number of fused-ring (bicyclic) bond motifs is 2. The topological polar surface area (TPSA) is 41.2 Å². The predicted molar refractivity (Wildman–Crippen MR) is 173 cm³/mol. The molecule has 0 saturated heterocycles. The molecule has 1 unspecified atom stereocenters. The Morgan fingerprint density at radius 1 is 0.810 bits per heavy atom. The number of carbonyl (C=O) groups excluding carboxylic acids is 1. The van der Waals surface area contributed by atoms with Gasteiger partial charge in [-0.05, 0) is 47.8 Å². The molecule has 2 aliphatic rings. The number of hydrogen-bond acceptors (Lipinski definition) is 2. The normalized spacial score (nSPS) is 19.1. The van der Waals surface area contributed by atoms with Crippen molar-refractivity contribution in [3.8, 4) is 0 Å². The van der Waals surface area contributed by atoms with E-state index >= 15 is 0 Å². The molecule has 0 saturated carbocycles. The molecule has 218 valence electrons. The number of aliphatic hydroxyl groups excluding tert-OH is 1. The van der Waals surface area contributed by atoms with Crippen molar-refractivity contribution >= 4 is 28.8 Å². The van der Waals surface area contributed by atoms with Crippen LogP contribution in [0, 0.1) is 0 Å². The minimum absolute atomic E-state index is 0.0935. The molecule has 2 aromatic carbocycles. The molecule has 5 nitrogen and oxygen atoms in total. The van der Waals surface area contributed by atoms with Crippen LogP contribution in [0.15, 0.2) is 95.3 Å². The first-order valence-electron chi connectivity index (χ1n) is 15.1. The van der Waals surface area contributed by atoms with Gasteiger partial charge in [-0.1, -0.05) is 48.6 Å². The van der Waals surface area contributed by atoms with Crippen LogP contribution in [0.1, 0.15) is 42.0 Å². The SMILES string of the molecule is C[N+](C)(C)CCCC1/C(=C\C2=C(O)C(=Cc3ccc4ccccc4[n+]3CCC[N+](C)(C)C)C2=O)C=Cc2ccccc21. The van der Waals surface area contributed by atoms with Gasteiger partial charge in [0.15, 0.2) is 6.54 Å². The number of benzene rings is 2. The zero-order chi connectivity index (χ0) is 30.1. The van der Waals surface area contributed by atoms with Crippen LogP contribution >= 0.6 is 0 Å². The van der Waals surface area contributed by atoms with Crippen molar-refractivity contribution in [2.24, 2.45) is 0 Å². The zero-order valence-corrected chi connectivity index (χ0v) is 26.1. The number of Topliss-reactive ketones (excluding diaryl/α,β-unsaturated/α-hetero) is 1. The largest absolute Gasteiger partial charge is 0.506 e. The van der Waals surface area contributed by atoms with Crippen molar-refractivity contribution in [2.75, 3.05) is 55.4 Å². The number of rotatable bonds is 10. The molecule has 5 rings (SSSR count). The Labute approximate surface area is 251 Å². The van der Waals surface area contributed by atoms with E-state index in [9.17, 15) is 9.90 Å². The summed E-state index contributed by atoms with van der Waals surface area (Å²) in [5, 5.41) is 12.4. The number of allylic oxidation sites excluding steroid dienone is 5. The molecule has 42 heavy (non-hydrogen) atoms. The molecule has 0 aliphatic heterocycles. The molecule has 1 N–H and O–H groups in total. The highest BCUT2D eigenvalue weighted by atomic mass is 16.3. The summed E-state index contributed by atoms with van der Waals surface area (Å²) in [5.74, 6) is 0.196. The van der Waals surface area contributed by atoms with Crippen LogP contribution in [-0.4, -0.2) is 75.2 Å². The predicted octanol–water partition coefficient (Wildman–Crippen LogP) is 6.23. The lowest BCUT2D eigenvalue weighted by Gasteiger charge is -2.28. The van der Waals surface area contributed by atoms with Gasteiger partial charge in [-0.25, -0.2) is 0 Å². The maximum absolute atomic E-state index is 13.5. The number of hydrogen-bond donors (Lipinski definition) is 1. The lowest BCUT2D eigenvalue weighted by Crippen LogP contribution is -2.42. The van der Waals surface area contributed by atoms with E-state index in [1.807, 2.05) is 18.2 Å². The molecular weight excluding hydrogens is 518 g/mol. The summed E-state index contributed by atoms with van der Waals surface area (Å²) in [5.41, 5.74) is 6.48. The van der Waals surface area contributed by atoms with Gasteiger partial charge in [0.2, 0.25) is 17.0 Å². The van der Waals surface area contributed by atoms with Gasteiger partial charge in [0.25, 0.3) is 0 Å². The standard InChI is InChI=1S/C37H45N3O2/c1-39(2,3)23-11-16-32-29(19-18-27-13-7-9-15-31(27)32)25-33-36(41)34(37(33)42)26-30-21-20-28-14-8-10-17-35(28)38(30)22-12-24-40(4,5)6/h7-10,13-15,17-21,25-26,32H,11-12,16,22-24H2,1-6H3/q+2/p+1/b29-25-. The maximum atomic E-state index is 13.5. The van der Waals surface area contributed by atoms with E-state index in [1.54, 1.807) is 0 Å². The van der Waals surface area contributed by atoms with Crippen molar-refractivity contribution in [3.05, 3.63) is 112 Å². The number of pyridine rings is 1. The van der Waals surface area contributed by atoms with Crippen LogP contribution in [0.3, 0.4) is 0 Å². The molecule has 5 heteroatoms. The molecule has 1 aromatic heterocycles. The molecule has 1 heterocycles. The summed E-state index contributed by atoms with van der Waals surface area (Å²) in [6.07, 6.45) is 11.1. The summed E-state index contributed by atoms with van der Waals surface area (Å²) < 4.78 is 4.10. The Kier molecular flexibility index (Phi) is 8.36. The van der Waals surface area contributed by atoms with E-state index in [4.69, 9.17) is 0 Å². The number of aliphatic hydroxyl groups is 1. The number of carbonyl (C=O) groups is 1. The van der Waals surface area contributed by atoms with Gasteiger partial charge < -0.3 is 14.1 Å². The third kappa shape index (κ3) is 6.64.